The van der Waals surface area contributed by atoms with Crippen molar-refractivity contribution in [3.8, 4) is 17.5 Å². The molecule has 0 aliphatic carbocycles. The number of hydrogen-bond acceptors (Lipinski definition) is 7. The van der Waals surface area contributed by atoms with Gasteiger partial charge in [-0.3, -0.25) is 4.79 Å². The smallest absolute Gasteiger partial charge is 0.316 e. The van der Waals surface area contributed by atoms with E-state index in [9.17, 15) is 4.79 Å². The van der Waals surface area contributed by atoms with Crippen LogP contribution < -0.4 is 14.8 Å². The van der Waals surface area contributed by atoms with Crippen LogP contribution in [-0.4, -0.2) is 35.7 Å². The van der Waals surface area contributed by atoms with Crippen LogP contribution >= 0.6 is 0 Å². The molecule has 29 heavy (non-hydrogen) atoms. The third kappa shape index (κ3) is 5.29. The summed E-state index contributed by atoms with van der Waals surface area (Å²) in [5.41, 5.74) is 1.50. The Morgan fingerprint density at radius 2 is 1.86 bits per heavy atom. The summed E-state index contributed by atoms with van der Waals surface area (Å²) in [6.07, 6.45) is 3.23. The van der Waals surface area contributed by atoms with E-state index in [1.54, 1.807) is 36.7 Å². The number of amides is 1. The van der Waals surface area contributed by atoms with Gasteiger partial charge in [0.15, 0.2) is 5.71 Å². The number of carbonyl (C=O) groups is 1. The number of rotatable bonds is 8. The first-order valence-electron chi connectivity index (χ1n) is 8.80. The number of benzene rings is 2. The summed E-state index contributed by atoms with van der Waals surface area (Å²) in [5, 5.41) is 6.39. The summed E-state index contributed by atoms with van der Waals surface area (Å²) < 4.78 is 11.6. The Kier molecular flexibility index (Phi) is 6.72. The number of para-hydroxylation sites is 1. The van der Waals surface area contributed by atoms with Gasteiger partial charge in [0.2, 0.25) is 0 Å². The molecule has 1 heterocycles. The van der Waals surface area contributed by atoms with E-state index in [1.165, 1.54) is 14.2 Å². The zero-order chi connectivity index (χ0) is 20.5. The highest BCUT2D eigenvalue weighted by Crippen LogP contribution is 2.27. The molecule has 0 fully saturated rings. The first-order valence-corrected chi connectivity index (χ1v) is 8.80. The van der Waals surface area contributed by atoms with Crippen LogP contribution in [0, 0.1) is 0 Å². The highest BCUT2D eigenvalue weighted by Gasteiger charge is 2.18. The lowest BCUT2D eigenvalue weighted by Gasteiger charge is -2.13. The Morgan fingerprint density at radius 1 is 1.07 bits per heavy atom. The summed E-state index contributed by atoms with van der Waals surface area (Å²) in [6.45, 7) is 0.289. The number of nitrogens with one attached hydrogen (secondary N) is 1. The number of hydrogen-bond donors (Lipinski definition) is 1. The fraction of sp³-hybridized carbons (Fsp3) is 0.143. The van der Waals surface area contributed by atoms with Gasteiger partial charge in [-0.2, -0.15) is 0 Å². The van der Waals surface area contributed by atoms with Gasteiger partial charge in [0, 0.05) is 19.4 Å². The third-order valence-corrected chi connectivity index (χ3v) is 3.80. The highest BCUT2D eigenvalue weighted by atomic mass is 16.6. The molecule has 0 unspecified atom stereocenters. The Labute approximate surface area is 168 Å². The van der Waals surface area contributed by atoms with Crippen LogP contribution in [-0.2, 0) is 16.2 Å². The van der Waals surface area contributed by atoms with Crippen LogP contribution in [0.15, 0.2) is 72.1 Å². The van der Waals surface area contributed by atoms with Gasteiger partial charge in [0.25, 0.3) is 5.91 Å². The Bertz CT molecular complexity index is 993. The molecule has 148 valence electrons. The van der Waals surface area contributed by atoms with Gasteiger partial charge in [-0.15, -0.1) is 0 Å². The van der Waals surface area contributed by atoms with Gasteiger partial charge >= 0.3 is 6.01 Å². The van der Waals surface area contributed by atoms with Crippen molar-refractivity contribution in [2.24, 2.45) is 5.16 Å². The third-order valence-electron chi connectivity index (χ3n) is 3.80. The minimum absolute atomic E-state index is 0.117. The molecule has 0 aliphatic rings. The normalized spacial score (nSPS) is 10.9. The topological polar surface area (TPSA) is 94.9 Å². The van der Waals surface area contributed by atoms with Gasteiger partial charge in [0.05, 0.1) is 5.56 Å². The molecular weight excluding hydrogens is 372 g/mol. The molecule has 0 spiro atoms. The van der Waals surface area contributed by atoms with Crippen LogP contribution in [0.1, 0.15) is 11.1 Å². The quantitative estimate of drug-likeness (QED) is 0.468. The first-order chi connectivity index (χ1) is 14.2. The summed E-state index contributed by atoms with van der Waals surface area (Å²) in [6, 6.07) is 16.5. The average molecular weight is 392 g/mol. The molecule has 1 aromatic heterocycles. The molecule has 0 radical (unpaired) electrons. The van der Waals surface area contributed by atoms with E-state index in [4.69, 9.17) is 14.3 Å². The van der Waals surface area contributed by atoms with Crippen molar-refractivity contribution in [2.75, 3.05) is 14.2 Å². The molecule has 8 nitrogen and oxygen atoms in total. The van der Waals surface area contributed by atoms with Crippen LogP contribution in [0.25, 0.3) is 0 Å². The molecule has 0 aliphatic heterocycles. The van der Waals surface area contributed by atoms with Gasteiger partial charge in [-0.05, 0) is 35.9 Å². The molecule has 1 N–H and O–H groups in total. The molecule has 0 saturated heterocycles. The second kappa shape index (κ2) is 9.84. The van der Waals surface area contributed by atoms with Crippen molar-refractivity contribution in [3.05, 3.63) is 78.1 Å². The van der Waals surface area contributed by atoms with Crippen molar-refractivity contribution in [1.82, 2.24) is 15.3 Å². The number of carbonyl (C=O) groups excluding carboxylic acids is 1. The van der Waals surface area contributed by atoms with E-state index in [1.807, 2.05) is 30.3 Å². The van der Waals surface area contributed by atoms with E-state index in [0.29, 0.717) is 23.1 Å². The fourth-order valence-electron chi connectivity index (χ4n) is 2.51. The lowest BCUT2D eigenvalue weighted by molar-refractivity contribution is -0.114. The average Bonchev–Trinajstić information content (AvgIpc) is 2.77. The predicted octanol–water partition coefficient (Wildman–Crippen LogP) is 2.94. The Hall–Kier alpha value is -3.94. The van der Waals surface area contributed by atoms with Crippen molar-refractivity contribution < 1.29 is 19.1 Å². The summed E-state index contributed by atoms with van der Waals surface area (Å²) >= 11 is 0. The number of nitrogens with zero attached hydrogens (tertiary/aromatic N) is 3. The minimum Gasteiger partial charge on any atom is -0.459 e. The van der Waals surface area contributed by atoms with Crippen molar-refractivity contribution in [3.63, 3.8) is 0 Å². The molecule has 0 saturated carbocycles. The van der Waals surface area contributed by atoms with Gasteiger partial charge in [-0.25, -0.2) is 9.97 Å². The molecule has 0 atom stereocenters. The number of likely N-dealkylation sites (N-methyl/N-ethyl adjacent to an activating group) is 1. The fourth-order valence-corrected chi connectivity index (χ4v) is 2.51. The lowest BCUT2D eigenvalue weighted by atomic mass is 10.1. The van der Waals surface area contributed by atoms with Gasteiger partial charge in [-0.1, -0.05) is 29.4 Å². The van der Waals surface area contributed by atoms with Crippen molar-refractivity contribution in [1.29, 1.82) is 0 Å². The predicted molar refractivity (Wildman–Crippen MR) is 107 cm³/mol. The zero-order valence-electron chi connectivity index (χ0n) is 16.0. The zero-order valence-corrected chi connectivity index (χ0v) is 16.0. The maximum atomic E-state index is 12.2. The van der Waals surface area contributed by atoms with E-state index >= 15 is 0 Å². The molecular formula is C21H20N4O4. The summed E-state index contributed by atoms with van der Waals surface area (Å²) in [5.74, 6) is 0.672. The maximum Gasteiger partial charge on any atom is 0.316 e. The van der Waals surface area contributed by atoms with Crippen molar-refractivity contribution in [2.45, 2.75) is 6.61 Å². The van der Waals surface area contributed by atoms with Gasteiger partial charge in [0.1, 0.15) is 25.2 Å². The molecule has 0 bridgehead atoms. The largest absolute Gasteiger partial charge is 0.459 e. The van der Waals surface area contributed by atoms with E-state index in [0.717, 1.165) is 5.56 Å². The molecule has 1 amide bonds. The Morgan fingerprint density at radius 3 is 2.62 bits per heavy atom. The monoisotopic (exact) mass is 392 g/mol. The van der Waals surface area contributed by atoms with E-state index in [-0.39, 0.29) is 18.2 Å². The standard InChI is InChI=1S/C21H20N4O4/c1-22-20(26)19(25-27-2)17-9-3-4-10-18(17)29-16-8-5-7-15(13-16)14-28-21-23-11-6-12-24-21/h3-13H,14H2,1-2H3,(H,22,26). The van der Waals surface area contributed by atoms with Crippen molar-refractivity contribution >= 4 is 11.6 Å². The first kappa shape index (κ1) is 19.8. The molecule has 3 rings (SSSR count). The van der Waals surface area contributed by atoms with Crippen LogP contribution in [0.4, 0.5) is 0 Å². The minimum atomic E-state index is -0.382. The van der Waals surface area contributed by atoms with Gasteiger partial charge < -0.3 is 19.6 Å². The lowest BCUT2D eigenvalue weighted by Crippen LogP contribution is -2.28. The highest BCUT2D eigenvalue weighted by molar-refractivity contribution is 6.45. The molecule has 2 aromatic carbocycles. The number of ether oxygens (including phenoxy) is 2. The summed E-state index contributed by atoms with van der Waals surface area (Å²) in [4.78, 5) is 25.1. The molecule has 8 heteroatoms. The maximum absolute atomic E-state index is 12.2. The second-order valence-electron chi connectivity index (χ2n) is 5.77. The van der Waals surface area contributed by atoms with E-state index < -0.39 is 0 Å². The second-order valence-corrected chi connectivity index (χ2v) is 5.77. The SMILES string of the molecule is CNC(=O)C(=NOC)c1ccccc1Oc1cccc(COc2ncccn2)c1. The number of aromatic nitrogens is 2. The Balaban J connectivity index is 1.80. The van der Waals surface area contributed by atoms with Crippen LogP contribution in [0.5, 0.6) is 17.5 Å². The van der Waals surface area contributed by atoms with Crippen LogP contribution in [0.3, 0.4) is 0 Å². The van der Waals surface area contributed by atoms with E-state index in [2.05, 4.69) is 20.4 Å². The summed E-state index contributed by atoms with van der Waals surface area (Å²) in [7, 11) is 2.91. The molecule has 3 aromatic rings. The number of oxime groups is 1. The van der Waals surface area contributed by atoms with Crippen LogP contribution in [0.2, 0.25) is 0 Å².